The number of hydrogen-bond donors (Lipinski definition) is 0. The van der Waals surface area contributed by atoms with E-state index in [9.17, 15) is 18.4 Å². The van der Waals surface area contributed by atoms with Crippen molar-refractivity contribution in [3.8, 4) is 0 Å². The Morgan fingerprint density at radius 3 is 2.40 bits per heavy atom. The highest BCUT2D eigenvalue weighted by molar-refractivity contribution is 7.99. The van der Waals surface area contributed by atoms with E-state index in [0.717, 1.165) is 18.6 Å². The first-order chi connectivity index (χ1) is 24.8. The van der Waals surface area contributed by atoms with Crippen molar-refractivity contribution in [2.24, 2.45) is 0 Å². The molecule has 2 unspecified atom stereocenters. The minimum atomic E-state index is -0.961. The summed E-state index contributed by atoms with van der Waals surface area (Å²) in [6, 6.07) is 2.84. The van der Waals surface area contributed by atoms with Gasteiger partial charge in [-0.15, -0.1) is 5.10 Å². The zero-order chi connectivity index (χ0) is 38.5. The summed E-state index contributed by atoms with van der Waals surface area (Å²) in [5.41, 5.74) is -0.340. The smallest absolute Gasteiger partial charge is 0.443 e. The lowest BCUT2D eigenvalue weighted by Crippen LogP contribution is -2.39. The molecule has 1 saturated heterocycles. The van der Waals surface area contributed by atoms with Crippen LogP contribution in [-0.2, 0) is 28.4 Å². The fraction of sp³-hybridized carbons (Fsp3) is 0.667. The van der Waals surface area contributed by atoms with Gasteiger partial charge in [-0.05, 0) is 85.9 Å². The molecule has 17 heteroatoms. The standard InChI is InChI=1S/C36H48F2N6O8S/c1-10-15-53-31-39-29(43(32(45)51-34(2,3)4)23-17-20(23)19-11-12-21(37)22(38)16-19)26-30(40-31)44(42-41-26)24-18-25(28-27(24)49-36(8,9)50-28)47-13-14-48-33(46)52-35(5,6)7/h11-12,16,20,23-25,27-28H,10,13-15,17-18H2,1-9H3/t20-,23+,24+,25-,27?,28?/m0/s1. The number of nitrogens with zero attached hydrogens (tertiary/aromatic N) is 6. The SMILES string of the molecule is CCCSc1nc(N(C(=O)OC(C)(C)C)[C@@H]2C[C@H]2c2ccc(F)c(F)c2)c2nnn([C@@H]3C[C@H](OCCOC(=O)OC(C)(C)C)C4OC(C)(C)OC43)c2n1. The number of thioether (sulfide) groups is 1. The number of benzene rings is 1. The zero-order valence-electron chi connectivity index (χ0n) is 31.6. The zero-order valence-corrected chi connectivity index (χ0v) is 32.4. The summed E-state index contributed by atoms with van der Waals surface area (Å²) in [4.78, 5) is 37.2. The van der Waals surface area contributed by atoms with E-state index in [4.69, 9.17) is 38.4 Å². The Labute approximate surface area is 311 Å². The minimum absolute atomic E-state index is 0.0220. The molecule has 1 aromatic carbocycles. The molecule has 14 nitrogen and oxygen atoms in total. The summed E-state index contributed by atoms with van der Waals surface area (Å²) in [6.07, 6.45) is -1.16. The summed E-state index contributed by atoms with van der Waals surface area (Å²) < 4.78 is 65.0. The van der Waals surface area contributed by atoms with Gasteiger partial charge in [-0.3, -0.25) is 4.90 Å². The van der Waals surface area contributed by atoms with Crippen molar-refractivity contribution in [2.45, 2.75) is 140 Å². The monoisotopic (exact) mass is 762 g/mol. The molecule has 0 spiro atoms. The highest BCUT2D eigenvalue weighted by Gasteiger charge is 2.56. The summed E-state index contributed by atoms with van der Waals surface area (Å²) in [7, 11) is 0. The second-order valence-electron chi connectivity index (χ2n) is 15.9. The number of fused-ring (bicyclic) bond motifs is 2. The quantitative estimate of drug-likeness (QED) is 0.0847. The average Bonchev–Trinajstić information content (AvgIpc) is 3.43. The molecule has 3 fully saturated rings. The van der Waals surface area contributed by atoms with E-state index in [0.29, 0.717) is 35.0 Å². The Balaban J connectivity index is 1.33. The minimum Gasteiger partial charge on any atom is -0.443 e. The van der Waals surface area contributed by atoms with E-state index in [1.807, 2.05) is 20.8 Å². The van der Waals surface area contributed by atoms with Gasteiger partial charge in [0, 0.05) is 24.1 Å². The molecule has 2 aromatic heterocycles. The van der Waals surface area contributed by atoms with Crippen molar-refractivity contribution < 1.29 is 46.8 Å². The summed E-state index contributed by atoms with van der Waals surface area (Å²) >= 11 is 1.42. The van der Waals surface area contributed by atoms with Crippen LogP contribution in [0.3, 0.4) is 0 Å². The van der Waals surface area contributed by atoms with Crippen LogP contribution in [0.1, 0.15) is 99.1 Å². The Bertz CT molecular complexity index is 1830. The molecule has 3 aliphatic rings. The van der Waals surface area contributed by atoms with Crippen molar-refractivity contribution in [3.05, 3.63) is 35.4 Å². The van der Waals surface area contributed by atoms with Gasteiger partial charge in [0.2, 0.25) is 0 Å². The Morgan fingerprint density at radius 1 is 1.00 bits per heavy atom. The van der Waals surface area contributed by atoms with Crippen molar-refractivity contribution in [1.29, 1.82) is 0 Å². The van der Waals surface area contributed by atoms with E-state index in [-0.39, 0.29) is 30.5 Å². The molecule has 2 aliphatic carbocycles. The molecular formula is C36H48F2N6O8S. The first-order valence-electron chi connectivity index (χ1n) is 17.9. The fourth-order valence-corrected chi connectivity index (χ4v) is 7.31. The number of anilines is 1. The van der Waals surface area contributed by atoms with Crippen LogP contribution in [-0.4, -0.2) is 97.5 Å². The van der Waals surface area contributed by atoms with Crippen molar-refractivity contribution >= 4 is 41.0 Å². The van der Waals surface area contributed by atoms with E-state index < -0.39 is 71.3 Å². The van der Waals surface area contributed by atoms with Gasteiger partial charge in [-0.25, -0.2) is 33.0 Å². The van der Waals surface area contributed by atoms with Crippen LogP contribution in [0.4, 0.5) is 24.2 Å². The van der Waals surface area contributed by atoms with Crippen LogP contribution in [0.5, 0.6) is 0 Å². The molecule has 1 amide bonds. The highest BCUT2D eigenvalue weighted by atomic mass is 32.2. The molecule has 3 aromatic rings. The molecule has 6 rings (SSSR count). The van der Waals surface area contributed by atoms with E-state index in [1.54, 1.807) is 46.2 Å². The summed E-state index contributed by atoms with van der Waals surface area (Å²) in [5, 5.41) is 9.49. The molecule has 2 saturated carbocycles. The number of aromatic nitrogens is 5. The third kappa shape index (κ3) is 9.01. The molecule has 3 heterocycles. The van der Waals surface area contributed by atoms with E-state index in [2.05, 4.69) is 10.3 Å². The average molecular weight is 763 g/mol. The predicted octanol–water partition coefficient (Wildman–Crippen LogP) is 7.10. The maximum absolute atomic E-state index is 14.3. The lowest BCUT2D eigenvalue weighted by atomic mass is 10.1. The molecule has 6 atom stereocenters. The first kappa shape index (κ1) is 39.0. The number of hydrogen-bond acceptors (Lipinski definition) is 13. The molecule has 0 N–H and O–H groups in total. The Hall–Kier alpha value is -3.67. The third-order valence-electron chi connectivity index (χ3n) is 8.72. The molecule has 0 bridgehead atoms. The van der Waals surface area contributed by atoms with Crippen molar-refractivity contribution in [1.82, 2.24) is 25.0 Å². The van der Waals surface area contributed by atoms with Gasteiger partial charge in [0.05, 0.1) is 18.8 Å². The van der Waals surface area contributed by atoms with Gasteiger partial charge in [-0.1, -0.05) is 30.0 Å². The van der Waals surface area contributed by atoms with Gasteiger partial charge >= 0.3 is 12.2 Å². The van der Waals surface area contributed by atoms with Crippen molar-refractivity contribution in [2.75, 3.05) is 23.9 Å². The van der Waals surface area contributed by atoms with Crippen molar-refractivity contribution in [3.63, 3.8) is 0 Å². The maximum atomic E-state index is 14.3. The van der Waals surface area contributed by atoms with Gasteiger partial charge < -0.3 is 28.4 Å². The summed E-state index contributed by atoms with van der Waals surface area (Å²) in [5.74, 6) is -2.22. The first-order valence-corrected chi connectivity index (χ1v) is 18.9. The number of amides is 1. The largest absolute Gasteiger partial charge is 0.508 e. The van der Waals surface area contributed by atoms with Crippen LogP contribution in [0.15, 0.2) is 23.4 Å². The van der Waals surface area contributed by atoms with Gasteiger partial charge in [0.25, 0.3) is 0 Å². The van der Waals surface area contributed by atoms with E-state index >= 15 is 0 Å². The third-order valence-corrected chi connectivity index (χ3v) is 9.77. The number of halogens is 2. The maximum Gasteiger partial charge on any atom is 0.508 e. The van der Waals surface area contributed by atoms with Crippen LogP contribution in [0.25, 0.3) is 11.2 Å². The Kier molecular flexibility index (Phi) is 11.0. The second-order valence-corrected chi connectivity index (χ2v) is 17.0. The van der Waals surface area contributed by atoms with Gasteiger partial charge in [0.1, 0.15) is 30.0 Å². The number of carbonyl (C=O) groups excluding carboxylic acids is 2. The second kappa shape index (κ2) is 14.9. The van der Waals surface area contributed by atoms with Crippen LogP contribution in [0, 0.1) is 11.6 Å². The molecular weight excluding hydrogens is 714 g/mol. The van der Waals surface area contributed by atoms with Crippen LogP contribution >= 0.6 is 11.8 Å². The molecule has 0 radical (unpaired) electrons. The van der Waals surface area contributed by atoms with Gasteiger partial charge in [0.15, 0.2) is 39.6 Å². The normalized spacial score (nSPS) is 25.0. The van der Waals surface area contributed by atoms with E-state index in [1.165, 1.54) is 22.7 Å². The van der Waals surface area contributed by atoms with Crippen LogP contribution < -0.4 is 4.90 Å². The number of ether oxygens (including phenoxy) is 6. The molecule has 53 heavy (non-hydrogen) atoms. The molecule has 290 valence electrons. The fourth-order valence-electron chi connectivity index (χ4n) is 6.62. The number of rotatable bonds is 11. The molecule has 1 aliphatic heterocycles. The number of carbonyl (C=O) groups is 2. The topological polar surface area (TPSA) is 149 Å². The summed E-state index contributed by atoms with van der Waals surface area (Å²) in [6.45, 7) is 16.3. The highest BCUT2D eigenvalue weighted by Crippen LogP contribution is 2.49. The Morgan fingerprint density at radius 2 is 1.72 bits per heavy atom. The lowest BCUT2D eigenvalue weighted by Gasteiger charge is -2.27. The predicted molar refractivity (Wildman–Crippen MR) is 190 cm³/mol. The lowest BCUT2D eigenvalue weighted by molar-refractivity contribution is -0.171. The van der Waals surface area contributed by atoms with Gasteiger partial charge in [-0.2, -0.15) is 0 Å². The van der Waals surface area contributed by atoms with Crippen LogP contribution in [0.2, 0.25) is 0 Å².